The van der Waals surface area contributed by atoms with E-state index in [0.717, 1.165) is 42.8 Å². The highest BCUT2D eigenvalue weighted by Crippen LogP contribution is 2.29. The Kier molecular flexibility index (Phi) is 4.98. The van der Waals surface area contributed by atoms with Crippen LogP contribution in [0.5, 0.6) is 0 Å². The van der Waals surface area contributed by atoms with E-state index < -0.39 is 5.95 Å². The molecule has 4 rings (SSSR count). The van der Waals surface area contributed by atoms with Crippen LogP contribution in [0.1, 0.15) is 35.3 Å². The van der Waals surface area contributed by atoms with E-state index in [-0.39, 0.29) is 5.78 Å². The molecule has 1 fully saturated rings. The van der Waals surface area contributed by atoms with Crippen LogP contribution in [0.4, 0.5) is 4.39 Å². The van der Waals surface area contributed by atoms with Gasteiger partial charge in [-0.1, -0.05) is 18.0 Å². The number of Topliss-reactive ketones (excluding diaryl/α,β-unsaturated/α-hetero) is 1. The Bertz CT molecular complexity index is 991. The lowest BCUT2D eigenvalue weighted by Gasteiger charge is -2.25. The van der Waals surface area contributed by atoms with E-state index in [2.05, 4.69) is 9.88 Å². The zero-order chi connectivity index (χ0) is 19.0. The van der Waals surface area contributed by atoms with Gasteiger partial charge in [0.15, 0.2) is 5.78 Å². The number of nitrogens with zero attached hydrogens (tertiary/aromatic N) is 3. The molecule has 0 atom stereocenters. The molecule has 0 saturated carbocycles. The second-order valence-electron chi connectivity index (χ2n) is 7.03. The minimum Gasteiger partial charge on any atom is -0.312 e. The normalized spacial score (nSPS) is 15.4. The first-order valence-electron chi connectivity index (χ1n) is 9.23. The number of carbonyl (C=O) groups is 1. The molecule has 4 nitrogen and oxygen atoms in total. The average Bonchev–Trinajstić information content (AvgIpc) is 2.94. The van der Waals surface area contributed by atoms with Gasteiger partial charge >= 0.3 is 0 Å². The summed E-state index contributed by atoms with van der Waals surface area (Å²) in [6, 6.07) is 10.4. The number of piperidine rings is 1. The predicted octanol–water partition coefficient (Wildman–Crippen LogP) is 4.80. The highest BCUT2D eigenvalue weighted by Gasteiger charge is 2.24. The van der Waals surface area contributed by atoms with Gasteiger partial charge in [-0.2, -0.15) is 4.39 Å². The number of fused-ring (bicyclic) bond motifs is 1. The summed E-state index contributed by atoms with van der Waals surface area (Å²) in [5.74, 6) is -0.590. The number of carbonyl (C=O) groups excluding carboxylic acids is 1. The Hall–Kier alpha value is -2.24. The van der Waals surface area contributed by atoms with Gasteiger partial charge in [-0.25, -0.2) is 4.98 Å². The monoisotopic (exact) mass is 385 g/mol. The summed E-state index contributed by atoms with van der Waals surface area (Å²) in [6.07, 6.45) is 3.45. The molecule has 0 unspecified atom stereocenters. The second-order valence-corrected chi connectivity index (χ2v) is 7.47. The average molecular weight is 386 g/mol. The van der Waals surface area contributed by atoms with Crippen LogP contribution in [-0.4, -0.2) is 39.9 Å². The molecule has 0 bridgehead atoms. The van der Waals surface area contributed by atoms with Crippen LogP contribution in [0.2, 0.25) is 5.02 Å². The molecule has 1 saturated heterocycles. The molecule has 1 aliphatic heterocycles. The number of benzene rings is 1. The highest BCUT2D eigenvalue weighted by atomic mass is 35.5. The molecule has 0 amide bonds. The van der Waals surface area contributed by atoms with Gasteiger partial charge in [-0.05, 0) is 69.3 Å². The van der Waals surface area contributed by atoms with Gasteiger partial charge < -0.3 is 4.57 Å². The van der Waals surface area contributed by atoms with Crippen LogP contribution in [0.3, 0.4) is 0 Å². The Labute approximate surface area is 162 Å². The number of hydrogen-bond donors (Lipinski definition) is 0. The molecule has 140 valence electrons. The topological polar surface area (TPSA) is 38.1 Å². The minimum atomic E-state index is -0.581. The largest absolute Gasteiger partial charge is 0.312 e. The molecule has 0 spiro atoms. The molecule has 1 aromatic carbocycles. The standard InChI is InChI=1S/C21H21ClFN3O/c1-14-20(18(27)13-25-11-3-2-4-12-25)21-17(9-10-19(23)24-21)26(14)16-7-5-15(22)6-8-16/h5-10H,2-4,11-13H2,1H3. The van der Waals surface area contributed by atoms with Gasteiger partial charge in [0, 0.05) is 16.4 Å². The van der Waals surface area contributed by atoms with Crippen LogP contribution in [-0.2, 0) is 0 Å². The molecule has 27 heavy (non-hydrogen) atoms. The van der Waals surface area contributed by atoms with Crippen molar-refractivity contribution in [3.05, 3.63) is 58.6 Å². The molecule has 0 N–H and O–H groups in total. The van der Waals surface area contributed by atoms with Crippen molar-refractivity contribution in [3.63, 3.8) is 0 Å². The van der Waals surface area contributed by atoms with Crippen molar-refractivity contribution >= 4 is 28.4 Å². The highest BCUT2D eigenvalue weighted by molar-refractivity contribution is 6.30. The van der Waals surface area contributed by atoms with Crippen LogP contribution < -0.4 is 0 Å². The van der Waals surface area contributed by atoms with Crippen molar-refractivity contribution in [2.24, 2.45) is 0 Å². The molecule has 3 aromatic rings. The van der Waals surface area contributed by atoms with Crippen molar-refractivity contribution in [1.29, 1.82) is 0 Å². The van der Waals surface area contributed by atoms with E-state index in [0.29, 0.717) is 22.6 Å². The third kappa shape index (κ3) is 3.49. The lowest BCUT2D eigenvalue weighted by molar-refractivity contribution is 0.0916. The zero-order valence-corrected chi connectivity index (χ0v) is 16.0. The number of hydrogen-bond acceptors (Lipinski definition) is 3. The SMILES string of the molecule is Cc1c(C(=O)CN2CCCCC2)c2nc(F)ccc2n1-c1ccc(Cl)cc1. The number of halogens is 2. The lowest BCUT2D eigenvalue weighted by Crippen LogP contribution is -2.34. The van der Waals surface area contributed by atoms with Crippen molar-refractivity contribution in [3.8, 4) is 5.69 Å². The van der Waals surface area contributed by atoms with Gasteiger partial charge in [0.2, 0.25) is 5.95 Å². The third-order valence-electron chi connectivity index (χ3n) is 5.19. The van der Waals surface area contributed by atoms with E-state index in [1.807, 2.05) is 23.6 Å². The summed E-state index contributed by atoms with van der Waals surface area (Å²) < 4.78 is 15.8. The fourth-order valence-electron chi connectivity index (χ4n) is 3.91. The van der Waals surface area contributed by atoms with Gasteiger partial charge in [-0.3, -0.25) is 9.69 Å². The van der Waals surface area contributed by atoms with E-state index in [9.17, 15) is 9.18 Å². The van der Waals surface area contributed by atoms with Crippen molar-refractivity contribution in [2.75, 3.05) is 19.6 Å². The summed E-state index contributed by atoms with van der Waals surface area (Å²) in [6.45, 7) is 4.10. The Morgan fingerprint density at radius 2 is 1.81 bits per heavy atom. The van der Waals surface area contributed by atoms with Crippen LogP contribution in [0.25, 0.3) is 16.7 Å². The smallest absolute Gasteiger partial charge is 0.213 e. The maximum absolute atomic E-state index is 13.9. The first kappa shape index (κ1) is 18.1. The summed E-state index contributed by atoms with van der Waals surface area (Å²) in [5.41, 5.74) is 3.28. The Morgan fingerprint density at radius 3 is 2.52 bits per heavy atom. The molecular formula is C21H21ClFN3O. The second kappa shape index (κ2) is 7.41. The first-order valence-corrected chi connectivity index (χ1v) is 9.61. The first-order chi connectivity index (χ1) is 13.0. The number of ketones is 1. The van der Waals surface area contributed by atoms with E-state index >= 15 is 0 Å². The molecule has 1 aliphatic rings. The summed E-state index contributed by atoms with van der Waals surface area (Å²) in [5, 5.41) is 0.637. The number of likely N-dealkylation sites (tertiary alicyclic amines) is 1. The Balaban J connectivity index is 1.82. The van der Waals surface area contributed by atoms with Gasteiger partial charge in [-0.15, -0.1) is 0 Å². The van der Waals surface area contributed by atoms with Crippen LogP contribution in [0, 0.1) is 12.9 Å². The Morgan fingerprint density at radius 1 is 1.11 bits per heavy atom. The quantitative estimate of drug-likeness (QED) is 0.478. The predicted molar refractivity (Wildman–Crippen MR) is 105 cm³/mol. The molecule has 6 heteroatoms. The molecule has 0 radical (unpaired) electrons. The molecule has 0 aliphatic carbocycles. The summed E-state index contributed by atoms with van der Waals surface area (Å²) in [4.78, 5) is 19.4. The lowest BCUT2D eigenvalue weighted by atomic mass is 10.1. The number of aromatic nitrogens is 2. The fourth-order valence-corrected chi connectivity index (χ4v) is 4.04. The maximum Gasteiger partial charge on any atom is 0.213 e. The van der Waals surface area contributed by atoms with Crippen molar-refractivity contribution in [2.45, 2.75) is 26.2 Å². The summed E-state index contributed by atoms with van der Waals surface area (Å²) >= 11 is 6.01. The van der Waals surface area contributed by atoms with Crippen LogP contribution in [0.15, 0.2) is 36.4 Å². The third-order valence-corrected chi connectivity index (χ3v) is 5.45. The zero-order valence-electron chi connectivity index (χ0n) is 15.2. The van der Waals surface area contributed by atoms with E-state index in [1.165, 1.54) is 12.5 Å². The maximum atomic E-state index is 13.9. The minimum absolute atomic E-state index is 0.00906. The number of pyridine rings is 1. The van der Waals surface area contributed by atoms with Crippen molar-refractivity contribution < 1.29 is 9.18 Å². The molecule has 2 aromatic heterocycles. The fraction of sp³-hybridized carbons (Fsp3) is 0.333. The van der Waals surface area contributed by atoms with Crippen molar-refractivity contribution in [1.82, 2.24) is 14.5 Å². The van der Waals surface area contributed by atoms with Gasteiger partial charge in [0.05, 0.1) is 17.6 Å². The van der Waals surface area contributed by atoms with Crippen LogP contribution >= 0.6 is 11.6 Å². The molecule has 3 heterocycles. The summed E-state index contributed by atoms with van der Waals surface area (Å²) in [7, 11) is 0. The van der Waals surface area contributed by atoms with Gasteiger partial charge in [0.1, 0.15) is 5.52 Å². The number of rotatable bonds is 4. The molecular weight excluding hydrogens is 365 g/mol. The van der Waals surface area contributed by atoms with E-state index in [1.54, 1.807) is 18.2 Å². The van der Waals surface area contributed by atoms with E-state index in [4.69, 9.17) is 11.6 Å². The van der Waals surface area contributed by atoms with Gasteiger partial charge in [0.25, 0.3) is 0 Å².